The molecular weight excluding hydrogens is 346 g/mol. The summed E-state index contributed by atoms with van der Waals surface area (Å²) < 4.78 is 5.00. The van der Waals surface area contributed by atoms with Crippen LogP contribution in [0.2, 0.25) is 0 Å². The minimum absolute atomic E-state index is 0.0612. The fourth-order valence-corrected chi connectivity index (χ4v) is 2.89. The van der Waals surface area contributed by atoms with Crippen molar-refractivity contribution in [1.82, 2.24) is 4.90 Å². The molecule has 3 amide bonds. The van der Waals surface area contributed by atoms with E-state index >= 15 is 0 Å². The number of ether oxygens (including phenoxy) is 1. The molecule has 7 nitrogen and oxygen atoms in total. The van der Waals surface area contributed by atoms with Crippen LogP contribution in [0, 0.1) is 18.8 Å². The zero-order valence-electron chi connectivity index (χ0n) is 16.5. The molecule has 7 heteroatoms. The van der Waals surface area contributed by atoms with Gasteiger partial charge in [0.05, 0.1) is 6.61 Å². The van der Waals surface area contributed by atoms with E-state index < -0.39 is 0 Å². The van der Waals surface area contributed by atoms with Gasteiger partial charge in [-0.1, -0.05) is 19.9 Å². The fraction of sp³-hybridized carbons (Fsp3) is 0.550. The Kier molecular flexibility index (Phi) is 7.21. The highest BCUT2D eigenvalue weighted by atomic mass is 16.6. The van der Waals surface area contributed by atoms with Gasteiger partial charge in [-0.25, -0.2) is 4.79 Å². The lowest BCUT2D eigenvalue weighted by molar-refractivity contribution is -0.121. The van der Waals surface area contributed by atoms with E-state index in [4.69, 9.17) is 4.74 Å². The molecular formula is C20H29N3O4. The highest BCUT2D eigenvalue weighted by Gasteiger charge is 2.28. The number of piperidine rings is 1. The van der Waals surface area contributed by atoms with Crippen LogP contribution in [-0.2, 0) is 14.3 Å². The molecule has 27 heavy (non-hydrogen) atoms. The molecule has 2 rings (SSSR count). The molecule has 0 atom stereocenters. The van der Waals surface area contributed by atoms with Gasteiger partial charge in [-0.05, 0) is 44.4 Å². The van der Waals surface area contributed by atoms with Crippen molar-refractivity contribution in [1.29, 1.82) is 0 Å². The molecule has 1 aliphatic heterocycles. The lowest BCUT2D eigenvalue weighted by atomic mass is 9.96. The maximum Gasteiger partial charge on any atom is 0.409 e. The van der Waals surface area contributed by atoms with E-state index in [9.17, 15) is 14.4 Å². The lowest BCUT2D eigenvalue weighted by Gasteiger charge is -2.30. The topological polar surface area (TPSA) is 87.7 Å². The summed E-state index contributed by atoms with van der Waals surface area (Å²) >= 11 is 0. The molecule has 148 valence electrons. The van der Waals surface area contributed by atoms with Gasteiger partial charge in [-0.3, -0.25) is 9.59 Å². The van der Waals surface area contributed by atoms with Crippen molar-refractivity contribution in [2.75, 3.05) is 30.3 Å². The molecule has 1 aliphatic rings. The zero-order chi connectivity index (χ0) is 20.0. The molecule has 0 unspecified atom stereocenters. The Morgan fingerprint density at radius 2 is 1.85 bits per heavy atom. The highest BCUT2D eigenvalue weighted by molar-refractivity contribution is 5.96. The number of nitrogens with zero attached hydrogens (tertiary/aromatic N) is 1. The van der Waals surface area contributed by atoms with Gasteiger partial charge in [0.25, 0.3) is 0 Å². The smallest absolute Gasteiger partial charge is 0.409 e. The maximum atomic E-state index is 12.6. The van der Waals surface area contributed by atoms with Crippen LogP contribution in [0.1, 0.15) is 39.2 Å². The SMILES string of the molecule is CCOC(=O)N1CCC(C(=O)Nc2cc(NC(=O)C(C)C)ccc2C)CC1. The zero-order valence-corrected chi connectivity index (χ0v) is 16.5. The Hall–Kier alpha value is -2.57. The van der Waals surface area contributed by atoms with Gasteiger partial charge in [0.2, 0.25) is 11.8 Å². The summed E-state index contributed by atoms with van der Waals surface area (Å²) in [5, 5.41) is 5.81. The Balaban J connectivity index is 1.96. The van der Waals surface area contributed by atoms with Crippen molar-refractivity contribution >= 4 is 29.3 Å². The Morgan fingerprint density at radius 1 is 1.19 bits per heavy atom. The van der Waals surface area contributed by atoms with E-state index in [0.717, 1.165) is 5.56 Å². The molecule has 1 aromatic carbocycles. The number of benzene rings is 1. The molecule has 0 bridgehead atoms. The number of amides is 3. The Labute approximate surface area is 160 Å². The lowest BCUT2D eigenvalue weighted by Crippen LogP contribution is -2.41. The normalized spacial score (nSPS) is 14.8. The van der Waals surface area contributed by atoms with Crippen LogP contribution in [0.3, 0.4) is 0 Å². The van der Waals surface area contributed by atoms with Gasteiger partial charge < -0.3 is 20.3 Å². The van der Waals surface area contributed by atoms with Crippen molar-refractivity contribution < 1.29 is 19.1 Å². The molecule has 2 N–H and O–H groups in total. The number of carbonyl (C=O) groups excluding carboxylic acids is 3. The molecule has 0 radical (unpaired) electrons. The summed E-state index contributed by atoms with van der Waals surface area (Å²) in [6.45, 7) is 8.72. The number of nitrogens with one attached hydrogen (secondary N) is 2. The van der Waals surface area contributed by atoms with Gasteiger partial charge in [-0.15, -0.1) is 0 Å². The fourth-order valence-electron chi connectivity index (χ4n) is 2.89. The van der Waals surface area contributed by atoms with Gasteiger partial charge >= 0.3 is 6.09 Å². The summed E-state index contributed by atoms with van der Waals surface area (Å²) in [7, 11) is 0. The van der Waals surface area contributed by atoms with Crippen molar-refractivity contribution in [3.63, 3.8) is 0 Å². The average molecular weight is 375 g/mol. The highest BCUT2D eigenvalue weighted by Crippen LogP contribution is 2.24. The van der Waals surface area contributed by atoms with Crippen molar-refractivity contribution in [3.05, 3.63) is 23.8 Å². The Bertz CT molecular complexity index is 694. The predicted molar refractivity (Wildman–Crippen MR) is 105 cm³/mol. The van der Waals surface area contributed by atoms with Crippen LogP contribution >= 0.6 is 0 Å². The molecule has 1 heterocycles. The number of carbonyl (C=O) groups is 3. The number of likely N-dealkylation sites (tertiary alicyclic amines) is 1. The second-order valence-corrected chi connectivity index (χ2v) is 7.12. The van der Waals surface area contributed by atoms with Crippen LogP contribution < -0.4 is 10.6 Å². The van der Waals surface area contributed by atoms with E-state index in [1.54, 1.807) is 17.9 Å². The van der Waals surface area contributed by atoms with Gasteiger partial charge in [0, 0.05) is 36.3 Å². The standard InChI is InChI=1S/C20H29N3O4/c1-5-27-20(26)23-10-8-15(9-11-23)19(25)22-17-12-16(7-6-14(17)4)21-18(24)13(2)3/h6-7,12-13,15H,5,8-11H2,1-4H3,(H,21,24)(H,22,25). The van der Waals surface area contributed by atoms with E-state index in [1.807, 2.05) is 32.9 Å². The van der Waals surface area contributed by atoms with Crippen LogP contribution in [0.15, 0.2) is 18.2 Å². The predicted octanol–water partition coefficient (Wildman–Crippen LogP) is 3.40. The number of rotatable bonds is 5. The van der Waals surface area contributed by atoms with E-state index in [1.165, 1.54) is 0 Å². The van der Waals surface area contributed by atoms with Crippen molar-refractivity contribution in [3.8, 4) is 0 Å². The maximum absolute atomic E-state index is 12.6. The summed E-state index contributed by atoms with van der Waals surface area (Å²) in [6.07, 6.45) is 0.891. The van der Waals surface area contributed by atoms with E-state index in [0.29, 0.717) is 43.9 Å². The second kappa shape index (κ2) is 9.39. The summed E-state index contributed by atoms with van der Waals surface area (Å²) in [5.41, 5.74) is 2.27. The third-order valence-electron chi connectivity index (χ3n) is 4.68. The minimum atomic E-state index is -0.319. The molecule has 0 aromatic heterocycles. The average Bonchev–Trinajstić information content (AvgIpc) is 2.64. The third-order valence-corrected chi connectivity index (χ3v) is 4.68. The van der Waals surface area contributed by atoms with Crippen LogP contribution in [0.25, 0.3) is 0 Å². The number of anilines is 2. The summed E-state index contributed by atoms with van der Waals surface area (Å²) in [5.74, 6) is -0.394. The summed E-state index contributed by atoms with van der Waals surface area (Å²) in [4.78, 5) is 37.9. The molecule has 0 saturated carbocycles. The quantitative estimate of drug-likeness (QED) is 0.826. The largest absolute Gasteiger partial charge is 0.450 e. The second-order valence-electron chi connectivity index (χ2n) is 7.12. The molecule has 1 saturated heterocycles. The van der Waals surface area contributed by atoms with Crippen LogP contribution in [0.5, 0.6) is 0 Å². The number of aryl methyl sites for hydroxylation is 1. The Morgan fingerprint density at radius 3 is 2.44 bits per heavy atom. The van der Waals surface area contributed by atoms with Gasteiger partial charge in [0.1, 0.15) is 0 Å². The van der Waals surface area contributed by atoms with E-state index in [2.05, 4.69) is 10.6 Å². The van der Waals surface area contributed by atoms with E-state index in [-0.39, 0.29) is 29.7 Å². The number of hydrogen-bond donors (Lipinski definition) is 2. The monoisotopic (exact) mass is 375 g/mol. The van der Waals surface area contributed by atoms with Crippen molar-refractivity contribution in [2.45, 2.75) is 40.5 Å². The molecule has 0 spiro atoms. The van der Waals surface area contributed by atoms with Gasteiger partial charge in [0.15, 0.2) is 0 Å². The first-order chi connectivity index (χ1) is 12.8. The van der Waals surface area contributed by atoms with Crippen molar-refractivity contribution in [2.24, 2.45) is 11.8 Å². The first-order valence-electron chi connectivity index (χ1n) is 9.45. The molecule has 1 aromatic rings. The van der Waals surface area contributed by atoms with Crippen LogP contribution in [-0.4, -0.2) is 42.5 Å². The first-order valence-corrected chi connectivity index (χ1v) is 9.45. The summed E-state index contributed by atoms with van der Waals surface area (Å²) in [6, 6.07) is 5.47. The van der Waals surface area contributed by atoms with Crippen LogP contribution in [0.4, 0.5) is 16.2 Å². The first kappa shape index (κ1) is 20.7. The third kappa shape index (κ3) is 5.70. The van der Waals surface area contributed by atoms with Gasteiger partial charge in [-0.2, -0.15) is 0 Å². The molecule has 0 aliphatic carbocycles. The number of hydrogen-bond acceptors (Lipinski definition) is 4. The minimum Gasteiger partial charge on any atom is -0.450 e. The molecule has 1 fully saturated rings.